The summed E-state index contributed by atoms with van der Waals surface area (Å²) >= 11 is 0. The minimum Gasteiger partial charge on any atom is -0.453 e. The first-order valence-corrected chi connectivity index (χ1v) is 8.41. The second-order valence-corrected chi connectivity index (χ2v) is 6.96. The summed E-state index contributed by atoms with van der Waals surface area (Å²) < 4.78 is 5.40. The van der Waals surface area contributed by atoms with Crippen molar-refractivity contribution < 1.29 is 19.1 Å². The second-order valence-electron chi connectivity index (χ2n) is 6.96. The van der Waals surface area contributed by atoms with Gasteiger partial charge in [-0.1, -0.05) is 0 Å². The molecule has 1 N–H and O–H groups in total. The molecule has 132 valence electrons. The Bertz CT molecular complexity index is 613. The molecule has 24 heavy (non-hydrogen) atoms. The van der Waals surface area contributed by atoms with Crippen LogP contribution in [0.2, 0.25) is 0 Å². The third-order valence-corrected chi connectivity index (χ3v) is 4.94. The van der Waals surface area contributed by atoms with E-state index in [2.05, 4.69) is 4.90 Å². The number of carbonyl (C=O) groups is 2. The van der Waals surface area contributed by atoms with E-state index in [-0.39, 0.29) is 30.2 Å². The smallest absolute Gasteiger partial charge is 0.289 e. The zero-order valence-electron chi connectivity index (χ0n) is 14.3. The number of hydrogen-bond donors (Lipinski definition) is 1. The molecule has 2 amide bonds. The van der Waals surface area contributed by atoms with Crippen LogP contribution in [0.3, 0.4) is 0 Å². The van der Waals surface area contributed by atoms with Crippen LogP contribution < -0.4 is 0 Å². The largest absolute Gasteiger partial charge is 0.453 e. The summed E-state index contributed by atoms with van der Waals surface area (Å²) in [6.45, 7) is 2.46. The number of likely N-dealkylation sites (N-methyl/N-ethyl adjacent to an activating group) is 1. The van der Waals surface area contributed by atoms with Gasteiger partial charge >= 0.3 is 0 Å². The molecule has 0 unspecified atom stereocenters. The monoisotopic (exact) mass is 335 g/mol. The molecule has 4 rings (SSSR count). The average Bonchev–Trinajstić information content (AvgIpc) is 2.88. The molecular weight excluding hydrogens is 310 g/mol. The van der Waals surface area contributed by atoms with Gasteiger partial charge in [-0.25, -0.2) is 0 Å². The Morgan fingerprint density at radius 1 is 1.25 bits per heavy atom. The van der Waals surface area contributed by atoms with Crippen molar-refractivity contribution in [2.24, 2.45) is 5.92 Å². The molecule has 2 atom stereocenters. The van der Waals surface area contributed by atoms with Gasteiger partial charge in [0.25, 0.3) is 5.91 Å². The lowest BCUT2D eigenvalue weighted by atomic mass is 9.95. The Morgan fingerprint density at radius 3 is 2.71 bits per heavy atom. The fourth-order valence-electron chi connectivity index (χ4n) is 3.61. The van der Waals surface area contributed by atoms with E-state index in [0.29, 0.717) is 24.8 Å². The molecule has 0 aliphatic carbocycles. The standard InChI is InChI=1S/C17H25N3O4/c1-18(2)16(22)10-19-7-12-3-4-13(9-19)20(8-12)17(23)15-6-5-14(11-21)24-15/h5-6,12-13,21H,3-4,7-11H2,1-2H3/t12-,13+/m1/s1. The number of rotatable bonds is 4. The quantitative estimate of drug-likeness (QED) is 0.862. The van der Waals surface area contributed by atoms with Crippen LogP contribution in [0.5, 0.6) is 0 Å². The van der Waals surface area contributed by atoms with Gasteiger partial charge in [-0.3, -0.25) is 14.5 Å². The summed E-state index contributed by atoms with van der Waals surface area (Å²) in [6.07, 6.45) is 2.04. The number of furan rings is 1. The van der Waals surface area contributed by atoms with Gasteiger partial charge in [0, 0.05) is 39.8 Å². The topological polar surface area (TPSA) is 77.2 Å². The molecule has 0 spiro atoms. The van der Waals surface area contributed by atoms with E-state index in [1.54, 1.807) is 31.1 Å². The minimum absolute atomic E-state index is 0.0906. The second kappa shape index (κ2) is 6.94. The predicted octanol–water partition coefficient (Wildman–Crippen LogP) is 0.397. The van der Waals surface area contributed by atoms with E-state index in [4.69, 9.17) is 9.52 Å². The van der Waals surface area contributed by atoms with Crippen LogP contribution >= 0.6 is 0 Å². The number of amides is 2. The number of nitrogens with zero attached hydrogens (tertiary/aromatic N) is 3. The van der Waals surface area contributed by atoms with Crippen LogP contribution in [0.4, 0.5) is 0 Å². The summed E-state index contributed by atoms with van der Waals surface area (Å²) in [5, 5.41) is 9.10. The van der Waals surface area contributed by atoms with Gasteiger partial charge in [0.15, 0.2) is 5.76 Å². The highest BCUT2D eigenvalue weighted by atomic mass is 16.4. The van der Waals surface area contributed by atoms with Gasteiger partial charge < -0.3 is 19.3 Å². The van der Waals surface area contributed by atoms with Crippen molar-refractivity contribution in [1.82, 2.24) is 14.7 Å². The normalized spacial score (nSPS) is 24.0. The molecule has 4 heterocycles. The highest BCUT2D eigenvalue weighted by Gasteiger charge is 2.38. The zero-order valence-corrected chi connectivity index (χ0v) is 14.3. The third-order valence-electron chi connectivity index (χ3n) is 4.94. The van der Waals surface area contributed by atoms with Crippen molar-refractivity contribution in [1.29, 1.82) is 0 Å². The highest BCUT2D eigenvalue weighted by molar-refractivity contribution is 5.92. The lowest BCUT2D eigenvalue weighted by Gasteiger charge is -2.35. The van der Waals surface area contributed by atoms with Crippen LogP contribution in [-0.4, -0.2) is 77.9 Å². The summed E-state index contributed by atoms with van der Waals surface area (Å²) in [5.41, 5.74) is 0. The van der Waals surface area contributed by atoms with Crippen molar-refractivity contribution in [2.45, 2.75) is 25.5 Å². The van der Waals surface area contributed by atoms with Gasteiger partial charge in [0.05, 0.1) is 6.54 Å². The maximum absolute atomic E-state index is 12.8. The summed E-state index contributed by atoms with van der Waals surface area (Å²) in [5.74, 6) is 1.03. The van der Waals surface area contributed by atoms with Crippen LogP contribution in [0.15, 0.2) is 16.5 Å². The molecule has 0 aromatic carbocycles. The third kappa shape index (κ3) is 3.47. The Kier molecular flexibility index (Phi) is 4.91. The number of fused-ring (bicyclic) bond motifs is 4. The molecule has 1 aromatic heterocycles. The van der Waals surface area contributed by atoms with E-state index in [9.17, 15) is 9.59 Å². The van der Waals surface area contributed by atoms with Crippen LogP contribution in [-0.2, 0) is 11.4 Å². The van der Waals surface area contributed by atoms with Crippen LogP contribution in [0, 0.1) is 5.92 Å². The molecule has 1 aromatic rings. The number of hydrogen-bond acceptors (Lipinski definition) is 5. The summed E-state index contributed by atoms with van der Waals surface area (Å²) in [4.78, 5) is 30.4. The summed E-state index contributed by atoms with van der Waals surface area (Å²) in [7, 11) is 3.53. The van der Waals surface area contributed by atoms with Gasteiger partial charge in [0.1, 0.15) is 12.4 Å². The molecule has 3 aliphatic heterocycles. The molecule has 3 aliphatic rings. The molecule has 3 saturated heterocycles. The van der Waals surface area contributed by atoms with Crippen LogP contribution in [0.25, 0.3) is 0 Å². The Morgan fingerprint density at radius 2 is 2.04 bits per heavy atom. The van der Waals surface area contributed by atoms with Crippen molar-refractivity contribution in [3.8, 4) is 0 Å². The van der Waals surface area contributed by atoms with Crippen molar-refractivity contribution >= 4 is 11.8 Å². The first-order chi connectivity index (χ1) is 11.5. The SMILES string of the molecule is CN(C)C(=O)CN1C[C@H]2CC[C@@H](C1)N(C(=O)c1ccc(CO)o1)C2. The highest BCUT2D eigenvalue weighted by Crippen LogP contribution is 2.29. The molecular formula is C17H25N3O4. The Balaban J connectivity index is 1.71. The zero-order chi connectivity index (χ0) is 17.3. The number of aliphatic hydroxyl groups is 1. The van der Waals surface area contributed by atoms with Gasteiger partial charge in [-0.2, -0.15) is 0 Å². The molecule has 7 heteroatoms. The molecule has 2 bridgehead atoms. The van der Waals surface area contributed by atoms with Gasteiger partial charge in [-0.15, -0.1) is 0 Å². The van der Waals surface area contributed by atoms with Gasteiger partial charge in [-0.05, 0) is 30.9 Å². The maximum atomic E-state index is 12.8. The molecule has 7 nitrogen and oxygen atoms in total. The lowest BCUT2D eigenvalue weighted by Crippen LogP contribution is -2.47. The van der Waals surface area contributed by atoms with Crippen molar-refractivity contribution in [2.75, 3.05) is 40.3 Å². The maximum Gasteiger partial charge on any atom is 0.289 e. The van der Waals surface area contributed by atoms with E-state index in [1.807, 2.05) is 4.90 Å². The summed E-state index contributed by atoms with van der Waals surface area (Å²) in [6, 6.07) is 3.36. The first kappa shape index (κ1) is 17.0. The number of piperidine rings is 1. The van der Waals surface area contributed by atoms with E-state index < -0.39 is 0 Å². The van der Waals surface area contributed by atoms with E-state index >= 15 is 0 Å². The van der Waals surface area contributed by atoms with Gasteiger partial charge in [0.2, 0.25) is 5.91 Å². The lowest BCUT2D eigenvalue weighted by molar-refractivity contribution is -0.129. The fourth-order valence-corrected chi connectivity index (χ4v) is 3.61. The first-order valence-electron chi connectivity index (χ1n) is 8.41. The van der Waals surface area contributed by atoms with Crippen LogP contribution in [0.1, 0.15) is 29.2 Å². The average molecular weight is 335 g/mol. The Hall–Kier alpha value is -1.86. The molecule has 0 radical (unpaired) electrons. The van der Waals surface area contributed by atoms with E-state index in [1.165, 1.54) is 0 Å². The van der Waals surface area contributed by atoms with Crippen molar-refractivity contribution in [3.05, 3.63) is 23.7 Å². The molecule has 3 fully saturated rings. The number of aliphatic hydroxyl groups excluding tert-OH is 1. The van der Waals surface area contributed by atoms with E-state index in [0.717, 1.165) is 25.9 Å². The minimum atomic E-state index is -0.209. The molecule has 0 saturated carbocycles. The fraction of sp³-hybridized carbons (Fsp3) is 0.647. The number of carbonyl (C=O) groups excluding carboxylic acids is 2. The predicted molar refractivity (Wildman–Crippen MR) is 87.3 cm³/mol. The van der Waals surface area contributed by atoms with Crippen molar-refractivity contribution in [3.63, 3.8) is 0 Å². The Labute approximate surface area is 141 Å².